The van der Waals surface area contributed by atoms with Crippen molar-refractivity contribution in [1.82, 2.24) is 10.2 Å². The molecule has 1 aromatic heterocycles. The SMILES string of the molecule is CC(C)c1c(Cl)cnnc1Cl. The Morgan fingerprint density at radius 2 is 2.00 bits per heavy atom. The molecular formula is C7H8Cl2N2. The molecule has 2 nitrogen and oxygen atoms in total. The van der Waals surface area contributed by atoms with Gasteiger partial charge in [0.1, 0.15) is 0 Å². The number of halogens is 2. The van der Waals surface area contributed by atoms with Gasteiger partial charge >= 0.3 is 0 Å². The molecule has 0 unspecified atom stereocenters. The molecule has 1 rings (SSSR count). The van der Waals surface area contributed by atoms with Gasteiger partial charge in [-0.15, -0.1) is 5.10 Å². The number of nitrogens with zero attached hydrogens (tertiary/aromatic N) is 2. The average molecular weight is 191 g/mol. The van der Waals surface area contributed by atoms with E-state index in [1.165, 1.54) is 6.20 Å². The third-order valence-electron chi connectivity index (χ3n) is 1.37. The van der Waals surface area contributed by atoms with E-state index in [-0.39, 0.29) is 5.92 Å². The van der Waals surface area contributed by atoms with Crippen LogP contribution in [0.2, 0.25) is 10.2 Å². The van der Waals surface area contributed by atoms with Crippen molar-refractivity contribution in [1.29, 1.82) is 0 Å². The van der Waals surface area contributed by atoms with Crippen molar-refractivity contribution in [2.45, 2.75) is 19.8 Å². The molecule has 0 N–H and O–H groups in total. The Bertz CT molecular complexity index is 240. The first-order valence-electron chi connectivity index (χ1n) is 3.29. The summed E-state index contributed by atoms with van der Waals surface area (Å²) in [4.78, 5) is 0. The van der Waals surface area contributed by atoms with Gasteiger partial charge in [0.05, 0.1) is 11.2 Å². The fourth-order valence-electron chi connectivity index (χ4n) is 0.866. The molecule has 0 spiro atoms. The molecule has 0 bridgehead atoms. The topological polar surface area (TPSA) is 25.8 Å². The second-order valence-electron chi connectivity index (χ2n) is 2.55. The second-order valence-corrected chi connectivity index (χ2v) is 3.32. The Labute approximate surface area is 75.5 Å². The summed E-state index contributed by atoms with van der Waals surface area (Å²) in [6.45, 7) is 4.02. The summed E-state index contributed by atoms with van der Waals surface area (Å²) in [6, 6.07) is 0. The van der Waals surface area contributed by atoms with Crippen molar-refractivity contribution in [2.75, 3.05) is 0 Å². The molecule has 4 heteroatoms. The smallest absolute Gasteiger partial charge is 0.156 e. The number of aromatic nitrogens is 2. The highest BCUT2D eigenvalue weighted by Crippen LogP contribution is 2.27. The van der Waals surface area contributed by atoms with Crippen LogP contribution in [0, 0.1) is 0 Å². The minimum absolute atomic E-state index is 0.283. The maximum atomic E-state index is 5.84. The van der Waals surface area contributed by atoms with Crippen molar-refractivity contribution in [2.24, 2.45) is 0 Å². The molecule has 0 aliphatic carbocycles. The van der Waals surface area contributed by atoms with E-state index in [9.17, 15) is 0 Å². The van der Waals surface area contributed by atoms with Gasteiger partial charge in [0.25, 0.3) is 0 Å². The lowest BCUT2D eigenvalue weighted by molar-refractivity contribution is 0.842. The Kier molecular flexibility index (Phi) is 2.68. The molecule has 0 amide bonds. The van der Waals surface area contributed by atoms with Gasteiger partial charge in [-0.3, -0.25) is 0 Å². The fraction of sp³-hybridized carbons (Fsp3) is 0.429. The summed E-state index contributed by atoms with van der Waals surface area (Å²) in [7, 11) is 0. The lowest BCUT2D eigenvalue weighted by atomic mass is 10.1. The van der Waals surface area contributed by atoms with Crippen LogP contribution < -0.4 is 0 Å². The van der Waals surface area contributed by atoms with Crippen LogP contribution in [-0.2, 0) is 0 Å². The summed E-state index contributed by atoms with van der Waals surface area (Å²) < 4.78 is 0. The predicted molar refractivity (Wildman–Crippen MR) is 46.1 cm³/mol. The van der Waals surface area contributed by atoms with Gasteiger partial charge in [-0.2, -0.15) is 5.10 Å². The Balaban J connectivity index is 3.21. The molecule has 0 atom stereocenters. The van der Waals surface area contributed by atoms with Crippen molar-refractivity contribution in [3.63, 3.8) is 0 Å². The molecule has 1 aromatic rings. The monoisotopic (exact) mass is 190 g/mol. The van der Waals surface area contributed by atoms with E-state index in [2.05, 4.69) is 10.2 Å². The number of rotatable bonds is 1. The highest BCUT2D eigenvalue weighted by atomic mass is 35.5. The highest BCUT2D eigenvalue weighted by molar-refractivity contribution is 6.35. The van der Waals surface area contributed by atoms with Crippen LogP contribution in [0.4, 0.5) is 0 Å². The Hall–Kier alpha value is -0.340. The van der Waals surface area contributed by atoms with E-state index < -0.39 is 0 Å². The average Bonchev–Trinajstić information content (AvgIpc) is 1.85. The van der Waals surface area contributed by atoms with E-state index in [1.54, 1.807) is 0 Å². The molecule has 0 saturated heterocycles. The minimum Gasteiger partial charge on any atom is -0.156 e. The van der Waals surface area contributed by atoms with E-state index in [4.69, 9.17) is 23.2 Å². The molecule has 0 aliphatic heterocycles. The molecule has 60 valence electrons. The second kappa shape index (κ2) is 3.37. The van der Waals surface area contributed by atoms with Crippen LogP contribution >= 0.6 is 23.2 Å². The maximum absolute atomic E-state index is 5.84. The molecule has 1 heterocycles. The first kappa shape index (κ1) is 8.75. The molecule has 0 aliphatic rings. The lowest BCUT2D eigenvalue weighted by Crippen LogP contribution is -1.94. The molecule has 0 saturated carbocycles. The van der Waals surface area contributed by atoms with Gasteiger partial charge in [-0.1, -0.05) is 37.0 Å². The molecule has 0 aromatic carbocycles. The van der Waals surface area contributed by atoms with Crippen LogP contribution in [-0.4, -0.2) is 10.2 Å². The molecule has 0 radical (unpaired) electrons. The van der Waals surface area contributed by atoms with Crippen molar-refractivity contribution < 1.29 is 0 Å². The summed E-state index contributed by atoms with van der Waals surface area (Å²) >= 11 is 11.6. The quantitative estimate of drug-likeness (QED) is 0.681. The van der Waals surface area contributed by atoms with Gasteiger partial charge in [0, 0.05) is 5.56 Å². The third kappa shape index (κ3) is 1.82. The van der Waals surface area contributed by atoms with E-state index >= 15 is 0 Å². The zero-order chi connectivity index (χ0) is 8.43. The summed E-state index contributed by atoms with van der Waals surface area (Å²) in [5, 5.41) is 8.28. The molecule has 0 fully saturated rings. The zero-order valence-corrected chi connectivity index (χ0v) is 7.82. The minimum atomic E-state index is 0.283. The normalized spacial score (nSPS) is 10.6. The van der Waals surface area contributed by atoms with E-state index in [1.807, 2.05) is 13.8 Å². The van der Waals surface area contributed by atoms with E-state index in [0.717, 1.165) is 5.56 Å². The van der Waals surface area contributed by atoms with E-state index in [0.29, 0.717) is 10.2 Å². The fourth-order valence-corrected chi connectivity index (χ4v) is 1.63. The Morgan fingerprint density at radius 3 is 2.36 bits per heavy atom. The first-order valence-corrected chi connectivity index (χ1v) is 4.05. The van der Waals surface area contributed by atoms with Crippen LogP contribution in [0.5, 0.6) is 0 Å². The Morgan fingerprint density at radius 1 is 1.36 bits per heavy atom. The van der Waals surface area contributed by atoms with Gasteiger partial charge in [0.2, 0.25) is 0 Å². The van der Waals surface area contributed by atoms with Crippen LogP contribution in [0.3, 0.4) is 0 Å². The maximum Gasteiger partial charge on any atom is 0.156 e. The van der Waals surface area contributed by atoms with Gasteiger partial charge in [0.15, 0.2) is 5.15 Å². The largest absolute Gasteiger partial charge is 0.156 e. The number of hydrogen-bond acceptors (Lipinski definition) is 2. The van der Waals surface area contributed by atoms with Crippen molar-refractivity contribution in [3.05, 3.63) is 21.9 Å². The van der Waals surface area contributed by atoms with Crippen LogP contribution in [0.1, 0.15) is 25.3 Å². The zero-order valence-electron chi connectivity index (χ0n) is 6.31. The predicted octanol–water partition coefficient (Wildman–Crippen LogP) is 2.91. The van der Waals surface area contributed by atoms with Crippen molar-refractivity contribution in [3.8, 4) is 0 Å². The van der Waals surface area contributed by atoms with Crippen LogP contribution in [0.15, 0.2) is 6.20 Å². The van der Waals surface area contributed by atoms with Gasteiger partial charge < -0.3 is 0 Å². The standard InChI is InChI=1S/C7H8Cl2N2/c1-4(2)6-5(8)3-10-11-7(6)9/h3-4H,1-2H3. The number of hydrogen-bond donors (Lipinski definition) is 0. The first-order chi connectivity index (χ1) is 5.13. The molecular weight excluding hydrogens is 183 g/mol. The summed E-state index contributed by atoms with van der Waals surface area (Å²) in [6.07, 6.45) is 1.50. The summed E-state index contributed by atoms with van der Waals surface area (Å²) in [5.41, 5.74) is 0.864. The highest BCUT2D eigenvalue weighted by Gasteiger charge is 2.10. The third-order valence-corrected chi connectivity index (χ3v) is 1.95. The van der Waals surface area contributed by atoms with Crippen molar-refractivity contribution >= 4 is 23.2 Å². The van der Waals surface area contributed by atoms with Crippen LogP contribution in [0.25, 0.3) is 0 Å². The van der Waals surface area contributed by atoms with Gasteiger partial charge in [-0.25, -0.2) is 0 Å². The van der Waals surface area contributed by atoms with Gasteiger partial charge in [-0.05, 0) is 5.92 Å². The summed E-state index contributed by atoms with van der Waals surface area (Å²) in [5.74, 6) is 0.283. The lowest BCUT2D eigenvalue weighted by Gasteiger charge is -2.07. The molecule has 11 heavy (non-hydrogen) atoms.